The van der Waals surface area contributed by atoms with Crippen molar-refractivity contribution in [3.05, 3.63) is 63.7 Å². The number of hydrogen-bond acceptors (Lipinski definition) is 5. The molecule has 238 valence electrons. The van der Waals surface area contributed by atoms with E-state index in [4.69, 9.17) is 16.3 Å². The lowest BCUT2D eigenvalue weighted by atomic mass is 9.95. The molecule has 0 aromatic heterocycles. The van der Waals surface area contributed by atoms with Gasteiger partial charge in [0, 0.05) is 6.04 Å². The van der Waals surface area contributed by atoms with Crippen LogP contribution in [0.4, 0.5) is 10.5 Å². The number of benzene rings is 2. The minimum Gasteiger partial charge on any atom is -0.444 e. The summed E-state index contributed by atoms with van der Waals surface area (Å²) >= 11 is 8.10. The zero-order valence-electron chi connectivity index (χ0n) is 27.5. The summed E-state index contributed by atoms with van der Waals surface area (Å²) in [4.78, 5) is 43.6. The van der Waals surface area contributed by atoms with E-state index < -0.39 is 23.8 Å². The van der Waals surface area contributed by atoms with E-state index in [1.165, 1.54) is 0 Å². The smallest absolute Gasteiger partial charge is 0.408 e. The first kappa shape index (κ1) is 36.5. The van der Waals surface area contributed by atoms with Crippen molar-refractivity contribution in [2.24, 2.45) is 5.92 Å². The average Bonchev–Trinajstić information content (AvgIpc) is 2.90. The van der Waals surface area contributed by atoms with E-state index in [2.05, 4.69) is 24.5 Å². The highest BCUT2D eigenvalue weighted by molar-refractivity contribution is 7.98. The van der Waals surface area contributed by atoms with E-state index in [-0.39, 0.29) is 17.9 Å². The maximum atomic E-state index is 14.6. The fraction of sp³-hybridized carbons (Fsp3) is 0.559. The molecule has 9 heteroatoms. The summed E-state index contributed by atoms with van der Waals surface area (Å²) in [5.41, 5.74) is 3.38. The minimum atomic E-state index is -0.971. The molecule has 0 aliphatic carbocycles. The molecule has 7 nitrogen and oxygen atoms in total. The van der Waals surface area contributed by atoms with Crippen LogP contribution in [-0.2, 0) is 14.3 Å². The first-order valence-corrected chi connectivity index (χ1v) is 16.8. The Bertz CT molecular complexity index is 1240. The second kappa shape index (κ2) is 16.4. The summed E-state index contributed by atoms with van der Waals surface area (Å²) in [6, 6.07) is 9.11. The van der Waals surface area contributed by atoms with Gasteiger partial charge in [-0.3, -0.25) is 9.59 Å². The number of nitrogens with one attached hydrogen (secondary N) is 2. The van der Waals surface area contributed by atoms with Crippen LogP contribution in [-0.4, -0.2) is 52.5 Å². The molecule has 0 aliphatic rings. The van der Waals surface area contributed by atoms with Crippen LogP contribution in [0.25, 0.3) is 0 Å². The predicted octanol–water partition coefficient (Wildman–Crippen LogP) is 8.24. The molecule has 3 amide bonds. The van der Waals surface area contributed by atoms with E-state index in [0.29, 0.717) is 40.8 Å². The Kier molecular flexibility index (Phi) is 13.9. The molecule has 2 N–H and O–H groups in total. The molecule has 0 fully saturated rings. The van der Waals surface area contributed by atoms with Gasteiger partial charge < -0.3 is 20.3 Å². The second-order valence-corrected chi connectivity index (χ2v) is 14.1. The molecule has 3 atom stereocenters. The van der Waals surface area contributed by atoms with Crippen LogP contribution >= 0.6 is 23.4 Å². The quantitative estimate of drug-likeness (QED) is 0.232. The number of carbonyl (C=O) groups excluding carboxylic acids is 3. The maximum absolute atomic E-state index is 14.6. The third kappa shape index (κ3) is 11.1. The van der Waals surface area contributed by atoms with Crippen molar-refractivity contribution in [3.63, 3.8) is 0 Å². The van der Waals surface area contributed by atoms with Crippen LogP contribution in [0.5, 0.6) is 0 Å². The fourth-order valence-electron chi connectivity index (χ4n) is 4.79. The molecule has 0 aliphatic heterocycles. The molecule has 2 aromatic carbocycles. The van der Waals surface area contributed by atoms with Crippen molar-refractivity contribution >= 4 is 47.0 Å². The summed E-state index contributed by atoms with van der Waals surface area (Å²) < 4.78 is 5.52. The van der Waals surface area contributed by atoms with E-state index in [0.717, 1.165) is 23.1 Å². The summed E-state index contributed by atoms with van der Waals surface area (Å²) in [5, 5.41) is 6.28. The Hall–Kier alpha value is -2.71. The largest absolute Gasteiger partial charge is 0.444 e. The molecular formula is C34H50ClN3O4S. The highest BCUT2D eigenvalue weighted by Gasteiger charge is 2.39. The summed E-state index contributed by atoms with van der Waals surface area (Å²) in [5.74, 6) is 0.349. The van der Waals surface area contributed by atoms with Crippen LogP contribution in [0, 0.1) is 26.7 Å². The third-order valence-corrected chi connectivity index (χ3v) is 8.29. The van der Waals surface area contributed by atoms with Crippen molar-refractivity contribution in [1.82, 2.24) is 10.2 Å². The number of ether oxygens (including phenoxy) is 1. The van der Waals surface area contributed by atoms with Gasteiger partial charge in [0.25, 0.3) is 5.91 Å². The van der Waals surface area contributed by atoms with Crippen molar-refractivity contribution in [2.45, 2.75) is 105 Å². The zero-order valence-corrected chi connectivity index (χ0v) is 29.0. The van der Waals surface area contributed by atoms with Crippen LogP contribution in [0.15, 0.2) is 36.4 Å². The Morgan fingerprint density at radius 1 is 0.953 bits per heavy atom. The standard InChI is InChI=1S/C34H50ClN3O4S/c1-21(2)14-16-25(6)38(32(40)28(18-19-43-10)36-33(41)42-34(7,8)9)30(26-17-15-22(3)24(5)20-26)31(39)37-29-23(4)12-11-13-27(29)35/h11-13,15,17,20-21,25,28,30H,14,16,18-19H2,1-10H3,(H,36,41)(H,37,39). The number of rotatable bonds is 13. The number of carbonyl (C=O) groups is 3. The van der Waals surface area contributed by atoms with Crippen LogP contribution in [0.3, 0.4) is 0 Å². The monoisotopic (exact) mass is 631 g/mol. The molecule has 2 aromatic rings. The topological polar surface area (TPSA) is 87.7 Å². The van der Waals surface area contributed by atoms with Gasteiger partial charge in [0.15, 0.2) is 0 Å². The zero-order chi connectivity index (χ0) is 32.5. The number of alkyl carbamates (subject to hydrolysis) is 1. The normalized spacial score (nSPS) is 13.7. The number of halogens is 1. The predicted molar refractivity (Wildman–Crippen MR) is 180 cm³/mol. The lowest BCUT2D eigenvalue weighted by Crippen LogP contribution is -2.55. The fourth-order valence-corrected chi connectivity index (χ4v) is 5.53. The number of hydrogen-bond donors (Lipinski definition) is 2. The maximum Gasteiger partial charge on any atom is 0.408 e. The van der Waals surface area contributed by atoms with Crippen LogP contribution < -0.4 is 10.6 Å². The molecule has 0 bridgehead atoms. The highest BCUT2D eigenvalue weighted by Crippen LogP contribution is 2.32. The Balaban J connectivity index is 2.69. The first-order chi connectivity index (χ1) is 20.0. The van der Waals surface area contributed by atoms with E-state index in [9.17, 15) is 14.4 Å². The number of amides is 3. The number of aryl methyl sites for hydroxylation is 3. The highest BCUT2D eigenvalue weighted by atomic mass is 35.5. The van der Waals surface area contributed by atoms with Crippen molar-refractivity contribution < 1.29 is 19.1 Å². The molecule has 0 saturated heterocycles. The van der Waals surface area contributed by atoms with Gasteiger partial charge in [0.05, 0.1) is 10.7 Å². The van der Waals surface area contributed by atoms with Crippen molar-refractivity contribution in [1.29, 1.82) is 0 Å². The van der Waals surface area contributed by atoms with Gasteiger partial charge >= 0.3 is 6.09 Å². The third-order valence-electron chi connectivity index (χ3n) is 7.33. The molecule has 43 heavy (non-hydrogen) atoms. The molecule has 2 rings (SSSR count). The van der Waals surface area contributed by atoms with Gasteiger partial charge in [0.1, 0.15) is 17.7 Å². The summed E-state index contributed by atoms with van der Waals surface area (Å²) in [6.45, 7) is 17.5. The van der Waals surface area contributed by atoms with E-state index in [1.807, 2.05) is 64.3 Å². The summed E-state index contributed by atoms with van der Waals surface area (Å²) in [6.07, 6.45) is 3.23. The van der Waals surface area contributed by atoms with Crippen LogP contribution in [0.1, 0.15) is 89.1 Å². The molecule has 0 radical (unpaired) electrons. The number of thioether (sulfide) groups is 1. The molecule has 0 heterocycles. The van der Waals surface area contributed by atoms with E-state index >= 15 is 0 Å². The number of nitrogens with zero attached hydrogens (tertiary/aromatic N) is 1. The van der Waals surface area contributed by atoms with Gasteiger partial charge in [-0.05, 0) is 114 Å². The minimum absolute atomic E-state index is 0.309. The Labute approximate surface area is 267 Å². The van der Waals surface area contributed by atoms with Crippen LogP contribution in [0.2, 0.25) is 5.02 Å². The van der Waals surface area contributed by atoms with Gasteiger partial charge in [-0.15, -0.1) is 0 Å². The van der Waals surface area contributed by atoms with Gasteiger partial charge in [-0.1, -0.05) is 55.8 Å². The van der Waals surface area contributed by atoms with Crippen molar-refractivity contribution in [2.75, 3.05) is 17.3 Å². The average molecular weight is 632 g/mol. The first-order valence-electron chi connectivity index (χ1n) is 15.0. The number of anilines is 1. The SMILES string of the molecule is CSCCC(NC(=O)OC(C)(C)C)C(=O)N(C(C)CCC(C)C)C(C(=O)Nc1c(C)cccc1Cl)c1ccc(C)c(C)c1. The van der Waals surface area contributed by atoms with Gasteiger partial charge in [-0.25, -0.2) is 4.79 Å². The molecule has 0 saturated carbocycles. The van der Waals surface area contributed by atoms with Gasteiger partial charge in [0.2, 0.25) is 5.91 Å². The second-order valence-electron chi connectivity index (χ2n) is 12.7. The lowest BCUT2D eigenvalue weighted by molar-refractivity contribution is -0.143. The summed E-state index contributed by atoms with van der Waals surface area (Å²) in [7, 11) is 0. The molecule has 0 spiro atoms. The lowest BCUT2D eigenvalue weighted by Gasteiger charge is -2.39. The number of para-hydroxylation sites is 1. The Morgan fingerprint density at radius 2 is 1.63 bits per heavy atom. The molecular weight excluding hydrogens is 582 g/mol. The van der Waals surface area contributed by atoms with Gasteiger partial charge in [-0.2, -0.15) is 11.8 Å². The Morgan fingerprint density at radius 3 is 2.19 bits per heavy atom. The van der Waals surface area contributed by atoms with Crippen molar-refractivity contribution in [3.8, 4) is 0 Å². The molecule has 3 unspecified atom stereocenters. The van der Waals surface area contributed by atoms with E-state index in [1.54, 1.807) is 43.5 Å².